The van der Waals surface area contributed by atoms with Gasteiger partial charge in [-0.15, -0.1) is 10.2 Å². The molecule has 0 aliphatic heterocycles. The Morgan fingerprint density at radius 2 is 2.17 bits per heavy atom. The highest BCUT2D eigenvalue weighted by molar-refractivity contribution is 7.14. The molecule has 0 unspecified atom stereocenters. The van der Waals surface area contributed by atoms with Gasteiger partial charge in [0.15, 0.2) is 0 Å². The highest BCUT2D eigenvalue weighted by Crippen LogP contribution is 2.23. The Labute approximate surface area is 111 Å². The van der Waals surface area contributed by atoms with Crippen molar-refractivity contribution in [3.63, 3.8) is 0 Å². The zero-order chi connectivity index (χ0) is 13.0. The maximum absolute atomic E-state index is 4.24. The van der Waals surface area contributed by atoms with E-state index in [4.69, 9.17) is 0 Å². The predicted molar refractivity (Wildman–Crippen MR) is 74.7 cm³/mol. The lowest BCUT2D eigenvalue weighted by atomic mass is 10.2. The van der Waals surface area contributed by atoms with Crippen LogP contribution in [0.3, 0.4) is 0 Å². The highest BCUT2D eigenvalue weighted by atomic mass is 32.1. The smallest absolute Gasteiger partial charge is 0.147 e. The summed E-state index contributed by atoms with van der Waals surface area (Å²) in [5, 5.41) is 13.9. The van der Waals surface area contributed by atoms with Gasteiger partial charge in [-0.25, -0.2) is 0 Å². The number of nitrogens with zero attached hydrogens (tertiary/aromatic N) is 3. The van der Waals surface area contributed by atoms with Gasteiger partial charge in [0.2, 0.25) is 0 Å². The Balaban J connectivity index is 2.02. The topological polar surface area (TPSA) is 50.7 Å². The van der Waals surface area contributed by atoms with Crippen molar-refractivity contribution in [3.8, 4) is 10.6 Å². The molecule has 5 heteroatoms. The highest BCUT2D eigenvalue weighted by Gasteiger charge is 2.07. The zero-order valence-electron chi connectivity index (χ0n) is 11.0. The van der Waals surface area contributed by atoms with E-state index in [2.05, 4.69) is 34.3 Å². The third-order valence-electron chi connectivity index (χ3n) is 2.50. The summed E-state index contributed by atoms with van der Waals surface area (Å²) < 4.78 is 0. The molecule has 0 spiro atoms. The molecule has 18 heavy (non-hydrogen) atoms. The summed E-state index contributed by atoms with van der Waals surface area (Å²) >= 11 is 1.66. The van der Waals surface area contributed by atoms with E-state index >= 15 is 0 Å². The summed E-state index contributed by atoms with van der Waals surface area (Å²) in [5.41, 5.74) is 2.11. The number of hydrogen-bond donors (Lipinski definition) is 1. The fraction of sp³-hybridized carbons (Fsp3) is 0.462. The lowest BCUT2D eigenvalue weighted by Gasteiger charge is -2.05. The number of hydrogen-bond acceptors (Lipinski definition) is 5. The molecular weight excluding hydrogens is 244 g/mol. The van der Waals surface area contributed by atoms with Crippen molar-refractivity contribution in [2.45, 2.75) is 33.2 Å². The second kappa shape index (κ2) is 6.02. The van der Waals surface area contributed by atoms with Crippen LogP contribution in [0.1, 0.15) is 24.5 Å². The summed E-state index contributed by atoms with van der Waals surface area (Å²) in [6.07, 6.45) is 2.74. The molecule has 2 heterocycles. The van der Waals surface area contributed by atoms with E-state index < -0.39 is 0 Å². The van der Waals surface area contributed by atoms with E-state index in [1.54, 1.807) is 11.3 Å². The molecule has 0 saturated heterocycles. The normalized spacial score (nSPS) is 11.1. The van der Waals surface area contributed by atoms with Crippen molar-refractivity contribution in [1.82, 2.24) is 20.5 Å². The average Bonchev–Trinajstić information content (AvgIpc) is 2.77. The maximum Gasteiger partial charge on any atom is 0.147 e. The standard InChI is InChI=1S/C13H18N4S/c1-9(2)14-7-5-12-16-17-13(18-12)11-4-6-15-10(3)8-11/h4,6,8-9,14H,5,7H2,1-3H3. The third kappa shape index (κ3) is 3.58. The Morgan fingerprint density at radius 1 is 1.33 bits per heavy atom. The summed E-state index contributed by atoms with van der Waals surface area (Å²) in [6, 6.07) is 4.53. The van der Waals surface area contributed by atoms with Gasteiger partial charge in [0.05, 0.1) is 0 Å². The monoisotopic (exact) mass is 262 g/mol. The first-order valence-electron chi connectivity index (χ1n) is 6.14. The Hall–Kier alpha value is -1.33. The summed E-state index contributed by atoms with van der Waals surface area (Å²) in [5.74, 6) is 0. The molecule has 4 nitrogen and oxygen atoms in total. The lowest BCUT2D eigenvalue weighted by molar-refractivity contribution is 0.588. The minimum Gasteiger partial charge on any atom is -0.314 e. The van der Waals surface area contributed by atoms with Crippen LogP contribution in [-0.4, -0.2) is 27.8 Å². The van der Waals surface area contributed by atoms with Crippen LogP contribution in [0.15, 0.2) is 18.3 Å². The minimum atomic E-state index is 0.514. The van der Waals surface area contributed by atoms with Crippen molar-refractivity contribution >= 4 is 11.3 Å². The lowest BCUT2D eigenvalue weighted by Crippen LogP contribution is -2.24. The fourth-order valence-electron chi connectivity index (χ4n) is 1.62. The molecular formula is C13H18N4S. The molecule has 2 aromatic heterocycles. The first kappa shape index (κ1) is 13.1. The van der Waals surface area contributed by atoms with E-state index in [0.29, 0.717) is 6.04 Å². The van der Waals surface area contributed by atoms with Gasteiger partial charge in [-0.2, -0.15) is 0 Å². The molecule has 0 bridgehead atoms. The number of rotatable bonds is 5. The van der Waals surface area contributed by atoms with Crippen LogP contribution < -0.4 is 5.32 Å². The van der Waals surface area contributed by atoms with E-state index in [1.807, 2.05) is 25.3 Å². The largest absolute Gasteiger partial charge is 0.314 e. The fourth-order valence-corrected chi connectivity index (χ4v) is 2.45. The molecule has 0 aliphatic carbocycles. The second-order valence-electron chi connectivity index (χ2n) is 4.55. The number of nitrogens with one attached hydrogen (secondary N) is 1. The quantitative estimate of drug-likeness (QED) is 0.899. The molecule has 0 fully saturated rings. The number of aromatic nitrogens is 3. The van der Waals surface area contributed by atoms with Gasteiger partial charge in [0.25, 0.3) is 0 Å². The summed E-state index contributed by atoms with van der Waals surface area (Å²) in [7, 11) is 0. The van der Waals surface area contributed by atoms with Crippen LogP contribution in [0.4, 0.5) is 0 Å². The maximum atomic E-state index is 4.24. The van der Waals surface area contributed by atoms with Gasteiger partial charge in [-0.3, -0.25) is 4.98 Å². The van der Waals surface area contributed by atoms with Crippen molar-refractivity contribution in [1.29, 1.82) is 0 Å². The van der Waals surface area contributed by atoms with E-state index in [1.165, 1.54) is 0 Å². The van der Waals surface area contributed by atoms with E-state index in [0.717, 1.165) is 34.2 Å². The van der Waals surface area contributed by atoms with Gasteiger partial charge in [-0.1, -0.05) is 25.2 Å². The van der Waals surface area contributed by atoms with Crippen LogP contribution in [0, 0.1) is 6.92 Å². The van der Waals surface area contributed by atoms with Crippen LogP contribution in [0.5, 0.6) is 0 Å². The Bertz CT molecular complexity index is 507. The summed E-state index contributed by atoms with van der Waals surface area (Å²) in [4.78, 5) is 4.19. The zero-order valence-corrected chi connectivity index (χ0v) is 11.8. The SMILES string of the molecule is Cc1cc(-c2nnc(CCNC(C)C)s2)ccn1. The van der Waals surface area contributed by atoms with Crippen LogP contribution in [0.25, 0.3) is 10.6 Å². The number of pyridine rings is 1. The van der Waals surface area contributed by atoms with E-state index in [9.17, 15) is 0 Å². The average molecular weight is 262 g/mol. The van der Waals surface area contributed by atoms with Crippen molar-refractivity contribution in [2.24, 2.45) is 0 Å². The number of aryl methyl sites for hydroxylation is 1. The van der Waals surface area contributed by atoms with Crippen LogP contribution in [0.2, 0.25) is 0 Å². The van der Waals surface area contributed by atoms with E-state index in [-0.39, 0.29) is 0 Å². The molecule has 0 radical (unpaired) electrons. The molecule has 0 aromatic carbocycles. The predicted octanol–water partition coefficient (Wildman–Crippen LogP) is 2.45. The molecule has 2 rings (SSSR count). The molecule has 2 aromatic rings. The van der Waals surface area contributed by atoms with Gasteiger partial charge in [0.1, 0.15) is 10.0 Å². The molecule has 0 atom stereocenters. The van der Waals surface area contributed by atoms with Crippen molar-refractivity contribution in [2.75, 3.05) is 6.54 Å². The third-order valence-corrected chi connectivity index (χ3v) is 3.53. The molecule has 0 saturated carbocycles. The summed E-state index contributed by atoms with van der Waals surface area (Å²) in [6.45, 7) is 7.22. The van der Waals surface area contributed by atoms with Crippen LogP contribution in [-0.2, 0) is 6.42 Å². The Kier molecular flexibility index (Phi) is 4.38. The van der Waals surface area contributed by atoms with Gasteiger partial charge in [0, 0.05) is 36.5 Å². The first-order valence-corrected chi connectivity index (χ1v) is 6.95. The van der Waals surface area contributed by atoms with Gasteiger partial charge in [-0.05, 0) is 19.1 Å². The van der Waals surface area contributed by atoms with Gasteiger partial charge >= 0.3 is 0 Å². The van der Waals surface area contributed by atoms with Crippen molar-refractivity contribution < 1.29 is 0 Å². The Morgan fingerprint density at radius 3 is 2.89 bits per heavy atom. The first-order chi connectivity index (χ1) is 8.65. The van der Waals surface area contributed by atoms with Crippen LogP contribution >= 0.6 is 11.3 Å². The second-order valence-corrected chi connectivity index (χ2v) is 5.61. The molecule has 96 valence electrons. The molecule has 0 amide bonds. The molecule has 1 N–H and O–H groups in total. The van der Waals surface area contributed by atoms with Gasteiger partial charge < -0.3 is 5.32 Å². The molecule has 0 aliphatic rings. The minimum absolute atomic E-state index is 0.514. The van der Waals surface area contributed by atoms with Crippen molar-refractivity contribution in [3.05, 3.63) is 29.0 Å².